The molecule has 6 nitrogen and oxygen atoms in total. The number of sulfone groups is 1. The van der Waals surface area contributed by atoms with Crippen molar-refractivity contribution < 1.29 is 27.5 Å². The highest BCUT2D eigenvalue weighted by atomic mass is 32.2. The van der Waals surface area contributed by atoms with Gasteiger partial charge < -0.3 is 10.4 Å². The first kappa shape index (κ1) is 24.0. The fourth-order valence-electron chi connectivity index (χ4n) is 2.94. The Kier molecular flexibility index (Phi) is 7.37. The Labute approximate surface area is 193 Å². The zero-order chi connectivity index (χ0) is 23.5. The van der Waals surface area contributed by atoms with Crippen molar-refractivity contribution in [3.8, 4) is 21.6 Å². The SMILES string of the molecule is CC(=O)N[C@@H](CSc1cc(-c2ccc(S(C)(=O)=O)cc2)c(-c2ccc(F)cc2)s1)C(=O)O. The van der Waals surface area contributed by atoms with E-state index in [2.05, 4.69) is 5.32 Å². The lowest BCUT2D eigenvalue weighted by molar-refractivity contribution is -0.140. The van der Waals surface area contributed by atoms with Gasteiger partial charge in [0.1, 0.15) is 11.9 Å². The Morgan fingerprint density at radius 1 is 1.09 bits per heavy atom. The number of carboxylic acids is 1. The van der Waals surface area contributed by atoms with E-state index in [0.717, 1.165) is 32.0 Å². The topological polar surface area (TPSA) is 101 Å². The average Bonchev–Trinajstić information content (AvgIpc) is 3.15. The van der Waals surface area contributed by atoms with Crippen LogP contribution in [0.4, 0.5) is 4.39 Å². The molecule has 1 amide bonds. The molecule has 0 saturated heterocycles. The fraction of sp³-hybridized carbons (Fsp3) is 0.182. The Balaban J connectivity index is 1.98. The van der Waals surface area contributed by atoms with E-state index in [-0.39, 0.29) is 16.5 Å². The van der Waals surface area contributed by atoms with Gasteiger partial charge in [0.2, 0.25) is 5.91 Å². The van der Waals surface area contributed by atoms with Crippen molar-refractivity contribution in [1.82, 2.24) is 5.32 Å². The van der Waals surface area contributed by atoms with Crippen LogP contribution in [0.2, 0.25) is 0 Å². The maximum atomic E-state index is 13.4. The van der Waals surface area contributed by atoms with E-state index >= 15 is 0 Å². The third kappa shape index (κ3) is 5.96. The predicted molar refractivity (Wildman–Crippen MR) is 124 cm³/mol. The Morgan fingerprint density at radius 3 is 2.22 bits per heavy atom. The third-order valence-corrected chi connectivity index (χ3v) is 8.09. The monoisotopic (exact) mass is 493 g/mol. The number of amides is 1. The van der Waals surface area contributed by atoms with Gasteiger partial charge in [-0.1, -0.05) is 24.3 Å². The molecule has 1 atom stereocenters. The van der Waals surface area contributed by atoms with E-state index in [0.29, 0.717) is 0 Å². The minimum absolute atomic E-state index is 0.130. The van der Waals surface area contributed by atoms with Crippen molar-refractivity contribution in [1.29, 1.82) is 0 Å². The number of halogens is 1. The van der Waals surface area contributed by atoms with E-state index in [1.165, 1.54) is 54.3 Å². The number of hydrogen-bond donors (Lipinski definition) is 2. The van der Waals surface area contributed by atoms with E-state index in [1.54, 1.807) is 24.3 Å². The Morgan fingerprint density at radius 2 is 1.69 bits per heavy atom. The molecule has 2 aromatic carbocycles. The number of carboxylic acid groups (broad SMARTS) is 1. The van der Waals surface area contributed by atoms with E-state index in [4.69, 9.17) is 0 Å². The van der Waals surface area contributed by atoms with Gasteiger partial charge in [0.25, 0.3) is 0 Å². The molecule has 2 N–H and O–H groups in total. The number of carbonyl (C=O) groups excluding carboxylic acids is 1. The van der Waals surface area contributed by atoms with Gasteiger partial charge in [0, 0.05) is 29.4 Å². The molecular formula is C22H20FNO5S3. The lowest BCUT2D eigenvalue weighted by atomic mass is 10.0. The highest BCUT2D eigenvalue weighted by Crippen LogP contribution is 2.43. The quantitative estimate of drug-likeness (QED) is 0.454. The standard InChI is InChI=1S/C22H20FNO5S3/c1-13(25)24-19(22(26)27)12-30-20-11-18(14-5-9-17(10-6-14)32(2,28)29)21(31-20)15-3-7-16(23)8-4-15/h3-11,19H,12H2,1-2H3,(H,24,25)(H,26,27)/t19-/m0/s1. The third-order valence-electron chi connectivity index (χ3n) is 4.48. The van der Waals surface area contributed by atoms with Crippen LogP contribution in [0.5, 0.6) is 0 Å². The van der Waals surface area contributed by atoms with Gasteiger partial charge in [0.15, 0.2) is 9.84 Å². The summed E-state index contributed by atoms with van der Waals surface area (Å²) in [5.41, 5.74) is 2.37. The summed E-state index contributed by atoms with van der Waals surface area (Å²) in [5, 5.41) is 11.7. The largest absolute Gasteiger partial charge is 0.480 e. The molecule has 0 fully saturated rings. The number of hydrogen-bond acceptors (Lipinski definition) is 6. The zero-order valence-electron chi connectivity index (χ0n) is 17.2. The highest BCUT2D eigenvalue weighted by Gasteiger charge is 2.20. The minimum Gasteiger partial charge on any atom is -0.480 e. The normalized spacial score (nSPS) is 12.3. The highest BCUT2D eigenvalue weighted by molar-refractivity contribution is 8.01. The molecule has 0 aliphatic rings. The van der Waals surface area contributed by atoms with E-state index in [1.807, 2.05) is 6.07 Å². The summed E-state index contributed by atoms with van der Waals surface area (Å²) in [6.45, 7) is 1.26. The molecule has 0 aliphatic heterocycles. The zero-order valence-corrected chi connectivity index (χ0v) is 19.6. The summed E-state index contributed by atoms with van der Waals surface area (Å²) in [6, 6.07) is 13.3. The number of nitrogens with one attached hydrogen (secondary N) is 1. The molecule has 0 bridgehead atoms. The number of benzene rings is 2. The summed E-state index contributed by atoms with van der Waals surface area (Å²) in [4.78, 5) is 23.7. The van der Waals surface area contributed by atoms with Crippen LogP contribution in [0.15, 0.2) is 63.7 Å². The molecule has 3 aromatic rings. The second-order valence-electron chi connectivity index (χ2n) is 7.01. The van der Waals surface area contributed by atoms with Crippen molar-refractivity contribution in [2.45, 2.75) is 22.1 Å². The van der Waals surface area contributed by atoms with Crippen molar-refractivity contribution in [2.75, 3.05) is 12.0 Å². The van der Waals surface area contributed by atoms with Crippen LogP contribution in [-0.2, 0) is 19.4 Å². The summed E-state index contributed by atoms with van der Waals surface area (Å²) < 4.78 is 37.8. The molecule has 0 saturated carbocycles. The second-order valence-corrected chi connectivity index (χ2v) is 11.4. The van der Waals surface area contributed by atoms with E-state index in [9.17, 15) is 27.5 Å². The maximum Gasteiger partial charge on any atom is 0.327 e. The summed E-state index contributed by atoms with van der Waals surface area (Å²) >= 11 is 2.70. The molecule has 168 valence electrons. The van der Waals surface area contributed by atoms with Crippen LogP contribution < -0.4 is 5.32 Å². The van der Waals surface area contributed by atoms with Gasteiger partial charge >= 0.3 is 5.97 Å². The second kappa shape index (κ2) is 9.85. The van der Waals surface area contributed by atoms with Gasteiger partial charge in [-0.3, -0.25) is 4.79 Å². The van der Waals surface area contributed by atoms with Gasteiger partial charge in [-0.2, -0.15) is 0 Å². The molecule has 0 spiro atoms. The van der Waals surface area contributed by atoms with Crippen molar-refractivity contribution in [2.24, 2.45) is 0 Å². The molecule has 1 aromatic heterocycles. The molecule has 10 heteroatoms. The minimum atomic E-state index is -3.33. The van der Waals surface area contributed by atoms with Crippen LogP contribution in [0.25, 0.3) is 21.6 Å². The number of thiophene rings is 1. The van der Waals surface area contributed by atoms with E-state index < -0.39 is 27.8 Å². The van der Waals surface area contributed by atoms with Gasteiger partial charge in [-0.05, 0) is 41.5 Å². The van der Waals surface area contributed by atoms with Crippen molar-refractivity contribution in [3.05, 3.63) is 60.4 Å². The lowest BCUT2D eigenvalue weighted by Gasteiger charge is -2.11. The van der Waals surface area contributed by atoms with Crippen LogP contribution in [0.1, 0.15) is 6.92 Å². The van der Waals surface area contributed by atoms with Gasteiger partial charge in [-0.25, -0.2) is 17.6 Å². The number of rotatable bonds is 8. The van der Waals surface area contributed by atoms with Crippen LogP contribution in [0, 0.1) is 5.82 Å². The number of carbonyl (C=O) groups is 2. The number of aliphatic carboxylic acids is 1. The van der Waals surface area contributed by atoms with Crippen LogP contribution >= 0.6 is 23.1 Å². The van der Waals surface area contributed by atoms with Crippen molar-refractivity contribution >= 4 is 44.8 Å². The smallest absolute Gasteiger partial charge is 0.327 e. The van der Waals surface area contributed by atoms with Crippen LogP contribution in [-0.4, -0.2) is 43.5 Å². The Bertz CT molecular complexity index is 1240. The molecule has 32 heavy (non-hydrogen) atoms. The molecular weight excluding hydrogens is 473 g/mol. The lowest BCUT2D eigenvalue weighted by Crippen LogP contribution is -2.41. The Hall–Kier alpha value is -2.69. The van der Waals surface area contributed by atoms with Gasteiger partial charge in [0.05, 0.1) is 9.10 Å². The average molecular weight is 494 g/mol. The first-order chi connectivity index (χ1) is 15.0. The molecule has 3 rings (SSSR count). The fourth-order valence-corrected chi connectivity index (χ4v) is 5.93. The summed E-state index contributed by atoms with van der Waals surface area (Å²) in [5.74, 6) is -1.79. The first-order valence-electron chi connectivity index (χ1n) is 9.37. The van der Waals surface area contributed by atoms with Crippen molar-refractivity contribution in [3.63, 3.8) is 0 Å². The molecule has 0 radical (unpaired) electrons. The first-order valence-corrected chi connectivity index (χ1v) is 13.1. The maximum absolute atomic E-state index is 13.4. The summed E-state index contributed by atoms with van der Waals surface area (Å²) in [7, 11) is -3.33. The molecule has 0 aliphatic carbocycles. The predicted octanol–water partition coefficient (Wildman–Crippen LogP) is 4.31. The van der Waals surface area contributed by atoms with Gasteiger partial charge in [-0.15, -0.1) is 23.1 Å². The number of thioether (sulfide) groups is 1. The van der Waals surface area contributed by atoms with Crippen LogP contribution in [0.3, 0.4) is 0 Å². The molecule has 0 unspecified atom stereocenters. The molecule has 1 heterocycles. The summed E-state index contributed by atoms with van der Waals surface area (Å²) in [6.07, 6.45) is 1.14.